The number of hydrogen-bond acceptors (Lipinski definition) is 4. The Morgan fingerprint density at radius 2 is 2.00 bits per heavy atom. The van der Waals surface area contributed by atoms with Crippen LogP contribution in [0.2, 0.25) is 0 Å². The fourth-order valence-corrected chi connectivity index (χ4v) is 1.70. The number of hydrogen-bond donors (Lipinski definition) is 2. The lowest BCUT2D eigenvalue weighted by Crippen LogP contribution is -2.31. The minimum atomic E-state index is -0.166. The highest BCUT2D eigenvalue weighted by Crippen LogP contribution is 2.10. The maximum Gasteiger partial charge on any atom is 0.271 e. The van der Waals surface area contributed by atoms with Gasteiger partial charge in [-0.1, -0.05) is 0 Å². The van der Waals surface area contributed by atoms with Crippen LogP contribution in [-0.4, -0.2) is 47.8 Å². The van der Waals surface area contributed by atoms with E-state index in [2.05, 4.69) is 10.4 Å². The normalized spacial score (nSPS) is 10.8. The SMILES string of the molecule is CN(C)CCNC(=O)c1ccn(-c2ccc(N)cc2)n1. The quantitative estimate of drug-likeness (QED) is 0.788. The Labute approximate surface area is 118 Å². The molecule has 6 nitrogen and oxygen atoms in total. The number of anilines is 1. The number of aromatic nitrogens is 2. The van der Waals surface area contributed by atoms with Crippen molar-refractivity contribution < 1.29 is 4.79 Å². The third-order valence-corrected chi connectivity index (χ3v) is 2.82. The molecule has 1 heterocycles. The van der Waals surface area contributed by atoms with Crippen LogP contribution >= 0.6 is 0 Å². The summed E-state index contributed by atoms with van der Waals surface area (Å²) in [5.74, 6) is -0.166. The molecule has 0 radical (unpaired) electrons. The lowest BCUT2D eigenvalue weighted by molar-refractivity contribution is 0.0945. The van der Waals surface area contributed by atoms with Crippen molar-refractivity contribution in [3.8, 4) is 5.69 Å². The maximum atomic E-state index is 11.9. The van der Waals surface area contributed by atoms with E-state index in [1.54, 1.807) is 29.1 Å². The van der Waals surface area contributed by atoms with E-state index in [9.17, 15) is 4.79 Å². The van der Waals surface area contributed by atoms with E-state index in [0.717, 1.165) is 12.2 Å². The molecule has 0 aliphatic heterocycles. The second-order valence-electron chi connectivity index (χ2n) is 4.80. The predicted molar refractivity (Wildman–Crippen MR) is 78.9 cm³/mol. The molecule has 20 heavy (non-hydrogen) atoms. The molecule has 0 unspecified atom stereocenters. The smallest absolute Gasteiger partial charge is 0.271 e. The van der Waals surface area contributed by atoms with Crippen LogP contribution in [0.5, 0.6) is 0 Å². The van der Waals surface area contributed by atoms with Crippen molar-refractivity contribution in [2.45, 2.75) is 0 Å². The van der Waals surface area contributed by atoms with E-state index >= 15 is 0 Å². The van der Waals surface area contributed by atoms with Gasteiger partial charge in [-0.15, -0.1) is 0 Å². The number of carbonyl (C=O) groups is 1. The lowest BCUT2D eigenvalue weighted by atomic mass is 10.3. The molecule has 0 atom stereocenters. The van der Waals surface area contributed by atoms with Crippen LogP contribution < -0.4 is 11.1 Å². The van der Waals surface area contributed by atoms with Crippen LogP contribution in [0.25, 0.3) is 5.69 Å². The lowest BCUT2D eigenvalue weighted by Gasteiger charge is -2.09. The van der Waals surface area contributed by atoms with E-state index in [4.69, 9.17) is 5.73 Å². The molecule has 2 aromatic rings. The summed E-state index contributed by atoms with van der Waals surface area (Å²) in [6, 6.07) is 9.01. The molecule has 0 saturated carbocycles. The zero-order valence-corrected chi connectivity index (χ0v) is 11.7. The van der Waals surface area contributed by atoms with Crippen molar-refractivity contribution in [2.24, 2.45) is 0 Å². The first-order valence-corrected chi connectivity index (χ1v) is 6.41. The van der Waals surface area contributed by atoms with Gasteiger partial charge in [0.1, 0.15) is 0 Å². The van der Waals surface area contributed by atoms with Crippen molar-refractivity contribution in [3.05, 3.63) is 42.2 Å². The number of nitrogens with zero attached hydrogens (tertiary/aromatic N) is 3. The third kappa shape index (κ3) is 3.58. The van der Waals surface area contributed by atoms with Gasteiger partial charge in [0.2, 0.25) is 0 Å². The Balaban J connectivity index is 2.01. The van der Waals surface area contributed by atoms with Gasteiger partial charge in [-0.05, 0) is 44.4 Å². The van der Waals surface area contributed by atoms with Crippen LogP contribution in [0.15, 0.2) is 36.5 Å². The Bertz CT molecular complexity index is 574. The van der Waals surface area contributed by atoms with Crippen LogP contribution in [0.1, 0.15) is 10.5 Å². The highest BCUT2D eigenvalue weighted by atomic mass is 16.1. The summed E-state index contributed by atoms with van der Waals surface area (Å²) in [4.78, 5) is 13.9. The van der Waals surface area contributed by atoms with Crippen molar-refractivity contribution in [1.82, 2.24) is 20.0 Å². The fourth-order valence-electron chi connectivity index (χ4n) is 1.70. The summed E-state index contributed by atoms with van der Waals surface area (Å²) in [5, 5.41) is 7.09. The van der Waals surface area contributed by atoms with E-state index in [1.807, 2.05) is 31.1 Å². The van der Waals surface area contributed by atoms with Gasteiger partial charge < -0.3 is 16.0 Å². The van der Waals surface area contributed by atoms with Gasteiger partial charge in [-0.3, -0.25) is 4.79 Å². The highest BCUT2D eigenvalue weighted by molar-refractivity contribution is 5.92. The van der Waals surface area contributed by atoms with Gasteiger partial charge in [-0.2, -0.15) is 5.10 Å². The van der Waals surface area contributed by atoms with Gasteiger partial charge in [0, 0.05) is 25.0 Å². The average molecular weight is 273 g/mol. The Kier molecular flexibility index (Phi) is 4.37. The molecule has 6 heteroatoms. The molecule has 0 saturated heterocycles. The van der Waals surface area contributed by atoms with Gasteiger partial charge in [0.05, 0.1) is 5.69 Å². The second-order valence-corrected chi connectivity index (χ2v) is 4.80. The number of benzene rings is 1. The number of rotatable bonds is 5. The average Bonchev–Trinajstić information content (AvgIpc) is 2.88. The van der Waals surface area contributed by atoms with Crippen LogP contribution in [-0.2, 0) is 0 Å². The number of nitrogens with one attached hydrogen (secondary N) is 1. The first kappa shape index (κ1) is 14.1. The molecule has 1 amide bonds. The second kappa shape index (κ2) is 6.21. The van der Waals surface area contributed by atoms with E-state index in [0.29, 0.717) is 17.9 Å². The highest BCUT2D eigenvalue weighted by Gasteiger charge is 2.09. The van der Waals surface area contributed by atoms with Gasteiger partial charge in [0.15, 0.2) is 5.69 Å². The van der Waals surface area contributed by atoms with Gasteiger partial charge >= 0.3 is 0 Å². The van der Waals surface area contributed by atoms with Crippen LogP contribution in [0.4, 0.5) is 5.69 Å². The van der Waals surface area contributed by atoms with Crippen LogP contribution in [0, 0.1) is 0 Å². The summed E-state index contributed by atoms with van der Waals surface area (Å²) < 4.78 is 1.65. The maximum absolute atomic E-state index is 11.9. The number of likely N-dealkylation sites (N-methyl/N-ethyl adjacent to an activating group) is 1. The summed E-state index contributed by atoms with van der Waals surface area (Å²) in [5.41, 5.74) is 7.61. The summed E-state index contributed by atoms with van der Waals surface area (Å²) in [6.45, 7) is 1.39. The zero-order valence-electron chi connectivity index (χ0n) is 11.7. The Hall–Kier alpha value is -2.34. The molecule has 2 rings (SSSR count). The molecular weight excluding hydrogens is 254 g/mol. The molecule has 0 fully saturated rings. The van der Waals surface area contributed by atoms with Crippen LogP contribution in [0.3, 0.4) is 0 Å². The summed E-state index contributed by atoms with van der Waals surface area (Å²) in [6.07, 6.45) is 1.76. The molecule has 0 bridgehead atoms. The van der Waals surface area contributed by atoms with Crippen molar-refractivity contribution in [1.29, 1.82) is 0 Å². The van der Waals surface area contributed by atoms with Crippen molar-refractivity contribution in [2.75, 3.05) is 32.9 Å². The topological polar surface area (TPSA) is 76.2 Å². The number of amides is 1. The predicted octanol–water partition coefficient (Wildman–Crippen LogP) is 0.746. The molecule has 0 spiro atoms. The number of carbonyl (C=O) groups excluding carboxylic acids is 1. The third-order valence-electron chi connectivity index (χ3n) is 2.82. The van der Waals surface area contributed by atoms with E-state index in [-0.39, 0.29) is 5.91 Å². The minimum absolute atomic E-state index is 0.166. The van der Waals surface area contributed by atoms with E-state index < -0.39 is 0 Å². The first-order chi connectivity index (χ1) is 9.56. The molecule has 3 N–H and O–H groups in total. The largest absolute Gasteiger partial charge is 0.399 e. The fraction of sp³-hybridized carbons (Fsp3) is 0.286. The summed E-state index contributed by atoms with van der Waals surface area (Å²) in [7, 11) is 3.92. The number of nitrogens with two attached hydrogens (primary N) is 1. The monoisotopic (exact) mass is 273 g/mol. The molecule has 0 aliphatic rings. The number of nitrogen functional groups attached to an aromatic ring is 1. The first-order valence-electron chi connectivity index (χ1n) is 6.41. The van der Waals surface area contributed by atoms with Crippen molar-refractivity contribution >= 4 is 11.6 Å². The van der Waals surface area contributed by atoms with E-state index in [1.165, 1.54) is 0 Å². The molecular formula is C14H19N5O. The van der Waals surface area contributed by atoms with Gasteiger partial charge in [0.25, 0.3) is 5.91 Å². The Morgan fingerprint density at radius 3 is 2.65 bits per heavy atom. The summed E-state index contributed by atoms with van der Waals surface area (Å²) >= 11 is 0. The van der Waals surface area contributed by atoms with Crippen molar-refractivity contribution in [3.63, 3.8) is 0 Å². The van der Waals surface area contributed by atoms with Gasteiger partial charge in [-0.25, -0.2) is 4.68 Å². The molecule has 0 aliphatic carbocycles. The zero-order chi connectivity index (χ0) is 14.5. The molecule has 106 valence electrons. The Morgan fingerprint density at radius 1 is 1.30 bits per heavy atom. The molecule has 1 aromatic carbocycles. The molecule has 1 aromatic heterocycles. The minimum Gasteiger partial charge on any atom is -0.399 e. The standard InChI is InChI=1S/C14H19N5O/c1-18(2)10-8-16-14(20)13-7-9-19(17-13)12-5-3-11(15)4-6-12/h3-7,9H,8,10,15H2,1-2H3,(H,16,20).